The third kappa shape index (κ3) is 3.15. The molecule has 0 bridgehead atoms. The van der Waals surface area contributed by atoms with Gasteiger partial charge in [0.2, 0.25) is 0 Å². The van der Waals surface area contributed by atoms with Crippen molar-refractivity contribution < 1.29 is 4.74 Å². The molecule has 1 aromatic heterocycles. The Hall–Kier alpha value is -1.49. The molecule has 20 heavy (non-hydrogen) atoms. The molecule has 0 saturated heterocycles. The van der Waals surface area contributed by atoms with Gasteiger partial charge in [-0.3, -0.25) is 4.68 Å². The Labute approximate surface area is 128 Å². The normalized spacial score (nSPS) is 12.2. The van der Waals surface area contributed by atoms with Gasteiger partial charge in [-0.15, -0.1) is 0 Å². The fourth-order valence-corrected chi connectivity index (χ4v) is 2.74. The first kappa shape index (κ1) is 14.9. The molecule has 4 nitrogen and oxygen atoms in total. The minimum absolute atomic E-state index is 0.201. The topological polar surface area (TPSA) is 39.1 Å². The fraction of sp³-hybridized carbons (Fsp3) is 0.400. The van der Waals surface area contributed by atoms with Crippen LogP contribution in [0.25, 0.3) is 0 Å². The van der Waals surface area contributed by atoms with Crippen molar-refractivity contribution in [2.24, 2.45) is 7.05 Å². The predicted molar refractivity (Wildman–Crippen MR) is 85.3 cm³/mol. The van der Waals surface area contributed by atoms with Crippen LogP contribution >= 0.6 is 15.9 Å². The third-order valence-electron chi connectivity index (χ3n) is 3.29. The van der Waals surface area contributed by atoms with Gasteiger partial charge in [-0.05, 0) is 47.0 Å². The van der Waals surface area contributed by atoms with E-state index >= 15 is 0 Å². The Morgan fingerprint density at radius 1 is 1.45 bits per heavy atom. The highest BCUT2D eigenvalue weighted by atomic mass is 79.9. The summed E-state index contributed by atoms with van der Waals surface area (Å²) in [7, 11) is 3.61. The van der Waals surface area contributed by atoms with E-state index in [-0.39, 0.29) is 6.04 Å². The van der Waals surface area contributed by atoms with E-state index in [1.165, 1.54) is 5.56 Å². The number of hydrogen-bond acceptors (Lipinski definition) is 3. The largest absolute Gasteiger partial charge is 0.496 e. The van der Waals surface area contributed by atoms with Crippen LogP contribution in [0.5, 0.6) is 5.75 Å². The van der Waals surface area contributed by atoms with Gasteiger partial charge in [0.1, 0.15) is 5.75 Å². The van der Waals surface area contributed by atoms with Crippen LogP contribution in [0.4, 0.5) is 5.69 Å². The number of rotatable bonds is 5. The maximum Gasteiger partial charge on any atom is 0.133 e. The summed E-state index contributed by atoms with van der Waals surface area (Å²) in [5.41, 5.74) is 3.38. The summed E-state index contributed by atoms with van der Waals surface area (Å²) in [4.78, 5) is 0. The number of ether oxygens (including phenoxy) is 1. The highest BCUT2D eigenvalue weighted by Crippen LogP contribution is 2.29. The van der Waals surface area contributed by atoms with Crippen molar-refractivity contribution in [2.75, 3.05) is 12.4 Å². The second-order valence-corrected chi connectivity index (χ2v) is 5.63. The maximum absolute atomic E-state index is 5.26. The van der Waals surface area contributed by atoms with Gasteiger partial charge in [0.15, 0.2) is 0 Å². The molecule has 1 heterocycles. The maximum atomic E-state index is 5.26. The second kappa shape index (κ2) is 6.31. The Bertz CT molecular complexity index is 595. The molecule has 0 saturated carbocycles. The van der Waals surface area contributed by atoms with Gasteiger partial charge in [-0.2, -0.15) is 5.10 Å². The lowest BCUT2D eigenvalue weighted by molar-refractivity contribution is 0.412. The number of aromatic nitrogens is 2. The van der Waals surface area contributed by atoms with Gasteiger partial charge in [-0.1, -0.05) is 13.0 Å². The van der Waals surface area contributed by atoms with Crippen LogP contribution < -0.4 is 10.1 Å². The highest BCUT2D eigenvalue weighted by Gasteiger charge is 2.12. The summed E-state index contributed by atoms with van der Waals surface area (Å²) in [6.07, 6.45) is 2.94. The van der Waals surface area contributed by atoms with E-state index in [1.807, 2.05) is 24.0 Å². The zero-order valence-electron chi connectivity index (χ0n) is 12.3. The summed E-state index contributed by atoms with van der Waals surface area (Å²) in [5, 5.41) is 7.96. The lowest BCUT2D eigenvalue weighted by atomic mass is 10.1. The van der Waals surface area contributed by atoms with Crippen LogP contribution in [0.1, 0.15) is 31.1 Å². The Kier molecular flexibility index (Phi) is 4.70. The number of nitrogens with zero attached hydrogens (tertiary/aromatic N) is 2. The molecule has 0 amide bonds. The van der Waals surface area contributed by atoms with Crippen LogP contribution in [-0.2, 0) is 13.5 Å². The number of benzene rings is 1. The average Bonchev–Trinajstić information content (AvgIpc) is 2.78. The molecule has 0 aliphatic carbocycles. The molecule has 1 unspecified atom stereocenters. The minimum Gasteiger partial charge on any atom is -0.496 e. The summed E-state index contributed by atoms with van der Waals surface area (Å²) >= 11 is 3.52. The molecule has 2 aromatic rings. The minimum atomic E-state index is 0.201. The molecule has 0 fully saturated rings. The van der Waals surface area contributed by atoms with E-state index in [9.17, 15) is 0 Å². The third-order valence-corrected chi connectivity index (χ3v) is 3.91. The molecule has 0 aliphatic rings. The van der Waals surface area contributed by atoms with E-state index in [4.69, 9.17) is 4.74 Å². The van der Waals surface area contributed by atoms with E-state index in [0.29, 0.717) is 0 Å². The Morgan fingerprint density at radius 3 is 2.80 bits per heavy atom. The highest BCUT2D eigenvalue weighted by molar-refractivity contribution is 9.10. The molecule has 108 valence electrons. The van der Waals surface area contributed by atoms with Gasteiger partial charge >= 0.3 is 0 Å². The summed E-state index contributed by atoms with van der Waals surface area (Å²) in [5.74, 6) is 0.844. The Balaban J connectivity index is 2.19. The first-order valence-electron chi connectivity index (χ1n) is 6.67. The lowest BCUT2D eigenvalue weighted by Crippen LogP contribution is -2.07. The molecule has 1 atom stereocenters. The molecule has 2 rings (SSSR count). The molecule has 0 spiro atoms. The standard InChI is InChI=1S/C15H20BrN3O/c1-5-13-14(9-19(3)18-13)17-10(2)11-6-7-15(20-4)12(16)8-11/h6-10,17H,5H2,1-4H3. The van der Waals surface area contributed by atoms with Crippen molar-refractivity contribution in [1.82, 2.24) is 9.78 Å². The number of hydrogen-bond donors (Lipinski definition) is 1. The first-order valence-corrected chi connectivity index (χ1v) is 7.47. The van der Waals surface area contributed by atoms with E-state index < -0.39 is 0 Å². The van der Waals surface area contributed by atoms with E-state index in [1.54, 1.807) is 7.11 Å². The molecular weight excluding hydrogens is 318 g/mol. The van der Waals surface area contributed by atoms with Crippen LogP contribution in [0.3, 0.4) is 0 Å². The second-order valence-electron chi connectivity index (χ2n) is 4.78. The van der Waals surface area contributed by atoms with Gasteiger partial charge in [0.25, 0.3) is 0 Å². The lowest BCUT2D eigenvalue weighted by Gasteiger charge is -2.16. The van der Waals surface area contributed by atoms with Crippen LogP contribution in [0.15, 0.2) is 28.9 Å². The number of aryl methyl sites for hydroxylation is 2. The van der Waals surface area contributed by atoms with E-state index in [2.05, 4.69) is 52.3 Å². The number of methoxy groups -OCH3 is 1. The van der Waals surface area contributed by atoms with Gasteiger partial charge in [0, 0.05) is 19.3 Å². The molecule has 5 heteroatoms. The van der Waals surface area contributed by atoms with Crippen molar-refractivity contribution in [1.29, 1.82) is 0 Å². The molecule has 0 aliphatic heterocycles. The van der Waals surface area contributed by atoms with Crippen LogP contribution in [0.2, 0.25) is 0 Å². The fourth-order valence-electron chi connectivity index (χ4n) is 2.18. The molecular formula is C15H20BrN3O. The van der Waals surface area contributed by atoms with Crippen molar-refractivity contribution in [3.8, 4) is 5.75 Å². The van der Waals surface area contributed by atoms with Crippen molar-refractivity contribution in [2.45, 2.75) is 26.3 Å². The number of nitrogens with one attached hydrogen (secondary N) is 1. The monoisotopic (exact) mass is 337 g/mol. The molecule has 0 radical (unpaired) electrons. The number of halogens is 1. The summed E-state index contributed by atoms with van der Waals surface area (Å²) < 4.78 is 8.07. The van der Waals surface area contributed by atoms with Crippen molar-refractivity contribution in [3.63, 3.8) is 0 Å². The van der Waals surface area contributed by atoms with Gasteiger partial charge < -0.3 is 10.1 Å². The zero-order valence-corrected chi connectivity index (χ0v) is 13.9. The average molecular weight is 338 g/mol. The predicted octanol–water partition coefficient (Wildman–Crippen LogP) is 3.93. The molecule has 1 N–H and O–H groups in total. The summed E-state index contributed by atoms with van der Waals surface area (Å²) in [6, 6.07) is 6.33. The van der Waals surface area contributed by atoms with Crippen molar-refractivity contribution >= 4 is 21.6 Å². The quantitative estimate of drug-likeness (QED) is 0.898. The Morgan fingerprint density at radius 2 is 2.20 bits per heavy atom. The van der Waals surface area contributed by atoms with E-state index in [0.717, 1.165) is 28.0 Å². The van der Waals surface area contributed by atoms with Gasteiger partial charge in [0.05, 0.1) is 23.0 Å². The van der Waals surface area contributed by atoms with Crippen LogP contribution in [-0.4, -0.2) is 16.9 Å². The first-order chi connectivity index (χ1) is 9.55. The van der Waals surface area contributed by atoms with Gasteiger partial charge in [-0.25, -0.2) is 0 Å². The number of anilines is 1. The summed E-state index contributed by atoms with van der Waals surface area (Å²) in [6.45, 7) is 4.25. The smallest absolute Gasteiger partial charge is 0.133 e. The van der Waals surface area contributed by atoms with Crippen molar-refractivity contribution in [3.05, 3.63) is 40.1 Å². The van der Waals surface area contributed by atoms with Crippen LogP contribution in [0, 0.1) is 0 Å². The SMILES string of the molecule is CCc1nn(C)cc1NC(C)c1ccc(OC)c(Br)c1. The zero-order chi connectivity index (χ0) is 14.7. The molecule has 1 aromatic carbocycles.